The van der Waals surface area contributed by atoms with E-state index in [1.54, 1.807) is 31.0 Å². The summed E-state index contributed by atoms with van der Waals surface area (Å²) >= 11 is 0. The van der Waals surface area contributed by atoms with Crippen molar-refractivity contribution in [3.8, 4) is 0 Å². The van der Waals surface area contributed by atoms with Crippen LogP contribution in [0.1, 0.15) is 18.9 Å². The van der Waals surface area contributed by atoms with Crippen molar-refractivity contribution in [3.05, 3.63) is 35.6 Å². The number of carbonyl (C=O) groups excluding carboxylic acids is 1. The van der Waals surface area contributed by atoms with Gasteiger partial charge in [0.25, 0.3) is 0 Å². The van der Waals surface area contributed by atoms with Crippen LogP contribution in [-0.4, -0.2) is 47.0 Å². The minimum atomic E-state index is -0.876. The molecule has 0 saturated carbocycles. The fraction of sp³-hybridized carbons (Fsp3) is 0.467. The highest BCUT2D eigenvalue weighted by molar-refractivity contribution is 5.79. The number of hydrogen-bond donors (Lipinski definition) is 1. The minimum Gasteiger partial charge on any atom is -0.481 e. The van der Waals surface area contributed by atoms with Crippen LogP contribution in [0.4, 0.5) is 9.18 Å². The lowest BCUT2D eigenvalue weighted by Crippen LogP contribution is -2.41. The molecule has 1 N–H and O–H groups in total. The summed E-state index contributed by atoms with van der Waals surface area (Å²) in [6, 6.07) is 5.76. The fourth-order valence-corrected chi connectivity index (χ4v) is 2.47. The second-order valence-corrected chi connectivity index (χ2v) is 5.80. The maximum absolute atomic E-state index is 12.8. The molecule has 2 rings (SSSR count). The summed E-state index contributed by atoms with van der Waals surface area (Å²) in [4.78, 5) is 26.6. The van der Waals surface area contributed by atoms with Crippen molar-refractivity contribution in [2.45, 2.75) is 19.9 Å². The van der Waals surface area contributed by atoms with E-state index in [4.69, 9.17) is 0 Å². The highest BCUT2D eigenvalue weighted by Crippen LogP contribution is 2.30. The molecule has 0 aliphatic carbocycles. The monoisotopic (exact) mass is 294 g/mol. The zero-order valence-corrected chi connectivity index (χ0v) is 12.2. The predicted molar refractivity (Wildman–Crippen MR) is 75.2 cm³/mol. The van der Waals surface area contributed by atoms with Gasteiger partial charge >= 0.3 is 12.0 Å². The first-order chi connectivity index (χ1) is 9.82. The van der Waals surface area contributed by atoms with Gasteiger partial charge in [0.05, 0.1) is 5.41 Å². The van der Waals surface area contributed by atoms with Gasteiger partial charge in [0.15, 0.2) is 0 Å². The number of nitrogens with zero attached hydrogens (tertiary/aromatic N) is 2. The molecule has 0 bridgehead atoms. The van der Waals surface area contributed by atoms with Crippen LogP contribution in [0.25, 0.3) is 0 Å². The SMILES string of the molecule is CN(Cc1ccc(F)cc1)C(=O)N1CCC(C)(C(=O)O)C1. The third-order valence-electron chi connectivity index (χ3n) is 3.92. The smallest absolute Gasteiger partial charge is 0.320 e. The van der Waals surface area contributed by atoms with Crippen LogP contribution in [0.5, 0.6) is 0 Å². The van der Waals surface area contributed by atoms with Gasteiger partial charge in [0, 0.05) is 26.7 Å². The molecule has 1 saturated heterocycles. The van der Waals surface area contributed by atoms with Gasteiger partial charge in [-0.2, -0.15) is 0 Å². The van der Waals surface area contributed by atoms with Gasteiger partial charge < -0.3 is 14.9 Å². The number of likely N-dealkylation sites (tertiary alicyclic amines) is 1. The summed E-state index contributed by atoms with van der Waals surface area (Å²) < 4.78 is 12.8. The molecule has 1 aromatic rings. The number of rotatable bonds is 3. The van der Waals surface area contributed by atoms with Crippen molar-refractivity contribution in [3.63, 3.8) is 0 Å². The van der Waals surface area contributed by atoms with Crippen molar-refractivity contribution < 1.29 is 19.1 Å². The number of carboxylic acid groups (broad SMARTS) is 1. The lowest BCUT2D eigenvalue weighted by Gasteiger charge is -2.26. The van der Waals surface area contributed by atoms with Crippen molar-refractivity contribution in [1.29, 1.82) is 0 Å². The summed E-state index contributed by atoms with van der Waals surface area (Å²) in [7, 11) is 1.65. The van der Waals surface area contributed by atoms with Gasteiger partial charge in [0.1, 0.15) is 5.82 Å². The Morgan fingerprint density at radius 1 is 1.38 bits per heavy atom. The molecule has 1 aliphatic rings. The van der Waals surface area contributed by atoms with Crippen LogP contribution in [0, 0.1) is 11.2 Å². The summed E-state index contributed by atoms with van der Waals surface area (Å²) in [6.45, 7) is 2.67. The van der Waals surface area contributed by atoms with Gasteiger partial charge in [-0.25, -0.2) is 9.18 Å². The molecule has 0 aromatic heterocycles. The second-order valence-electron chi connectivity index (χ2n) is 5.80. The zero-order valence-electron chi connectivity index (χ0n) is 12.2. The number of aliphatic carboxylic acids is 1. The highest BCUT2D eigenvalue weighted by atomic mass is 19.1. The first-order valence-corrected chi connectivity index (χ1v) is 6.80. The van der Waals surface area contributed by atoms with E-state index in [0.717, 1.165) is 5.56 Å². The van der Waals surface area contributed by atoms with Crippen LogP contribution in [0.3, 0.4) is 0 Å². The third-order valence-corrected chi connectivity index (χ3v) is 3.92. The number of urea groups is 1. The van der Waals surface area contributed by atoms with E-state index in [-0.39, 0.29) is 18.4 Å². The molecule has 1 aliphatic heterocycles. The molecule has 1 fully saturated rings. The fourth-order valence-electron chi connectivity index (χ4n) is 2.47. The second kappa shape index (κ2) is 5.71. The van der Waals surface area contributed by atoms with Crippen molar-refractivity contribution in [1.82, 2.24) is 9.80 Å². The lowest BCUT2D eigenvalue weighted by molar-refractivity contribution is -0.147. The van der Waals surface area contributed by atoms with E-state index in [9.17, 15) is 19.1 Å². The Morgan fingerprint density at radius 2 is 2.00 bits per heavy atom. The molecule has 0 spiro atoms. The number of carboxylic acids is 1. The minimum absolute atomic E-state index is 0.204. The zero-order chi connectivity index (χ0) is 15.6. The molecule has 1 aromatic carbocycles. The normalized spacial score (nSPS) is 21.4. The van der Waals surface area contributed by atoms with E-state index in [1.165, 1.54) is 17.0 Å². The quantitative estimate of drug-likeness (QED) is 0.929. The van der Waals surface area contributed by atoms with Crippen molar-refractivity contribution >= 4 is 12.0 Å². The molecule has 1 heterocycles. The molecule has 114 valence electrons. The van der Waals surface area contributed by atoms with Gasteiger partial charge in [-0.05, 0) is 31.0 Å². The molecule has 1 atom stereocenters. The summed E-state index contributed by atoms with van der Waals surface area (Å²) in [5.41, 5.74) is -0.0423. The Hall–Kier alpha value is -2.11. The standard InChI is InChI=1S/C15H19FN2O3/c1-15(13(19)20)7-8-18(10-15)14(21)17(2)9-11-3-5-12(16)6-4-11/h3-6H,7-10H2,1-2H3,(H,19,20). The van der Waals surface area contributed by atoms with Gasteiger partial charge in [-0.3, -0.25) is 4.79 Å². The Bertz CT molecular complexity index is 546. The molecule has 5 nitrogen and oxygen atoms in total. The predicted octanol–water partition coefficient (Wildman–Crippen LogP) is 2.17. The largest absolute Gasteiger partial charge is 0.481 e. The first kappa shape index (κ1) is 15.3. The van der Waals surface area contributed by atoms with Crippen LogP contribution in [0.15, 0.2) is 24.3 Å². The molecular weight excluding hydrogens is 275 g/mol. The molecule has 1 unspecified atom stereocenters. The summed E-state index contributed by atoms with van der Waals surface area (Å²) in [5.74, 6) is -1.19. The van der Waals surface area contributed by atoms with Crippen LogP contribution < -0.4 is 0 Å². The van der Waals surface area contributed by atoms with Gasteiger partial charge in [-0.1, -0.05) is 12.1 Å². The first-order valence-electron chi connectivity index (χ1n) is 6.80. The number of halogens is 1. The van der Waals surface area contributed by atoms with E-state index >= 15 is 0 Å². The topological polar surface area (TPSA) is 60.9 Å². The third kappa shape index (κ3) is 3.32. The molecule has 2 amide bonds. The Morgan fingerprint density at radius 3 is 2.52 bits per heavy atom. The summed E-state index contributed by atoms with van der Waals surface area (Å²) in [5, 5.41) is 9.18. The van der Waals surface area contributed by atoms with Crippen LogP contribution >= 0.6 is 0 Å². The molecule has 0 radical (unpaired) electrons. The molecule has 6 heteroatoms. The van der Waals surface area contributed by atoms with E-state index in [1.807, 2.05) is 0 Å². The van der Waals surface area contributed by atoms with Crippen LogP contribution in [0.2, 0.25) is 0 Å². The van der Waals surface area contributed by atoms with Gasteiger partial charge in [0.2, 0.25) is 0 Å². The Labute approximate surface area is 123 Å². The average molecular weight is 294 g/mol. The van der Waals surface area contributed by atoms with Crippen molar-refractivity contribution in [2.24, 2.45) is 5.41 Å². The Balaban J connectivity index is 1.97. The number of amides is 2. The van der Waals surface area contributed by atoms with E-state index in [0.29, 0.717) is 19.5 Å². The average Bonchev–Trinajstić information content (AvgIpc) is 2.84. The summed E-state index contributed by atoms with van der Waals surface area (Å²) in [6.07, 6.45) is 0.457. The van der Waals surface area contributed by atoms with E-state index < -0.39 is 11.4 Å². The number of benzene rings is 1. The van der Waals surface area contributed by atoms with Gasteiger partial charge in [-0.15, -0.1) is 0 Å². The van der Waals surface area contributed by atoms with Crippen LogP contribution in [-0.2, 0) is 11.3 Å². The molecular formula is C15H19FN2O3. The maximum Gasteiger partial charge on any atom is 0.320 e. The lowest BCUT2D eigenvalue weighted by atomic mass is 9.90. The highest BCUT2D eigenvalue weighted by Gasteiger charge is 2.42. The van der Waals surface area contributed by atoms with Crippen molar-refractivity contribution in [2.75, 3.05) is 20.1 Å². The maximum atomic E-state index is 12.8. The molecule has 21 heavy (non-hydrogen) atoms. The number of hydrogen-bond acceptors (Lipinski definition) is 2. The van der Waals surface area contributed by atoms with E-state index in [2.05, 4.69) is 0 Å². The Kier molecular flexibility index (Phi) is 4.16. The number of carbonyl (C=O) groups is 2.